The molecule has 0 aliphatic heterocycles. The second-order valence-electron chi connectivity index (χ2n) is 14.3. The van der Waals surface area contributed by atoms with Gasteiger partial charge < -0.3 is 8.98 Å². The lowest BCUT2D eigenvalue weighted by Gasteiger charge is -2.11. The van der Waals surface area contributed by atoms with Gasteiger partial charge in [-0.2, -0.15) is 0 Å². The maximum Gasteiger partial charge on any atom is 0.164 e. The Bertz CT molecular complexity index is 3420. The highest BCUT2D eigenvalue weighted by Crippen LogP contribution is 2.45. The molecule has 0 bridgehead atoms. The molecule has 0 spiro atoms. The molecule has 0 amide bonds. The number of thiophene rings is 1. The predicted molar refractivity (Wildman–Crippen MR) is 236 cm³/mol. The van der Waals surface area contributed by atoms with Gasteiger partial charge in [-0.25, -0.2) is 15.0 Å². The first kappa shape index (κ1) is 31.9. The molecule has 0 radical (unpaired) electrons. The summed E-state index contributed by atoms with van der Waals surface area (Å²) in [4.78, 5) is 15.4. The molecule has 4 heterocycles. The van der Waals surface area contributed by atoms with Crippen LogP contribution in [0.25, 0.3) is 115 Å². The smallest absolute Gasteiger partial charge is 0.164 e. The summed E-state index contributed by atoms with van der Waals surface area (Å²) in [5.74, 6) is 1.82. The molecule has 6 heteroatoms. The van der Waals surface area contributed by atoms with E-state index in [4.69, 9.17) is 19.4 Å². The van der Waals surface area contributed by atoms with E-state index in [1.807, 2.05) is 72.0 Å². The monoisotopic (exact) mass is 746 g/mol. The number of hydrogen-bond acceptors (Lipinski definition) is 5. The summed E-state index contributed by atoms with van der Waals surface area (Å²) >= 11 is 1.83. The molecule has 0 saturated carbocycles. The van der Waals surface area contributed by atoms with Crippen molar-refractivity contribution < 1.29 is 4.42 Å². The second-order valence-corrected chi connectivity index (χ2v) is 15.4. The predicted octanol–water partition coefficient (Wildman–Crippen LogP) is 13.9. The topological polar surface area (TPSA) is 56.7 Å². The molecule has 0 N–H and O–H groups in total. The van der Waals surface area contributed by atoms with Gasteiger partial charge in [-0.05, 0) is 54.1 Å². The molecule has 0 unspecified atom stereocenters. The summed E-state index contributed by atoms with van der Waals surface area (Å²) in [6.45, 7) is 0. The minimum Gasteiger partial charge on any atom is -0.453 e. The number of aromatic nitrogens is 4. The maximum atomic E-state index is 7.27. The van der Waals surface area contributed by atoms with Crippen LogP contribution in [0, 0.1) is 0 Å². The molecule has 12 rings (SSSR count). The maximum absolute atomic E-state index is 7.27. The molecule has 0 aliphatic rings. The van der Waals surface area contributed by atoms with Gasteiger partial charge in [0.1, 0.15) is 5.58 Å². The third kappa shape index (κ3) is 4.98. The van der Waals surface area contributed by atoms with Gasteiger partial charge in [-0.3, -0.25) is 0 Å². The van der Waals surface area contributed by atoms with Gasteiger partial charge in [0, 0.05) is 64.0 Å². The van der Waals surface area contributed by atoms with Crippen LogP contribution in [-0.4, -0.2) is 19.5 Å². The Hall–Kier alpha value is -7.41. The van der Waals surface area contributed by atoms with E-state index in [2.05, 4.69) is 126 Å². The molecule has 0 atom stereocenters. The van der Waals surface area contributed by atoms with E-state index in [1.165, 1.54) is 30.9 Å². The number of rotatable bonds is 5. The van der Waals surface area contributed by atoms with Gasteiger partial charge >= 0.3 is 0 Å². The minimum atomic E-state index is 0.587. The van der Waals surface area contributed by atoms with Gasteiger partial charge in [0.05, 0.1) is 16.7 Å². The van der Waals surface area contributed by atoms with Gasteiger partial charge in [-0.1, -0.05) is 133 Å². The van der Waals surface area contributed by atoms with E-state index in [-0.39, 0.29) is 0 Å². The first-order valence-electron chi connectivity index (χ1n) is 19.0. The fraction of sp³-hybridized carbons (Fsp3) is 0. The van der Waals surface area contributed by atoms with Crippen molar-refractivity contribution in [3.05, 3.63) is 182 Å². The molecular weight excluding hydrogens is 717 g/mol. The molecule has 0 fully saturated rings. The van der Waals surface area contributed by atoms with Crippen LogP contribution >= 0.6 is 11.3 Å². The van der Waals surface area contributed by atoms with Crippen LogP contribution in [0.5, 0.6) is 0 Å². The third-order valence-electron chi connectivity index (χ3n) is 11.1. The molecular formula is C51H30N4OS. The quantitative estimate of drug-likeness (QED) is 0.176. The number of hydrogen-bond donors (Lipinski definition) is 0. The number of nitrogens with zero attached hydrogens (tertiary/aromatic N) is 4. The van der Waals surface area contributed by atoms with Crippen LogP contribution in [0.4, 0.5) is 0 Å². The van der Waals surface area contributed by atoms with Gasteiger partial charge in [0.2, 0.25) is 0 Å². The fourth-order valence-corrected chi connectivity index (χ4v) is 9.57. The number of fused-ring (bicyclic) bond motifs is 9. The van der Waals surface area contributed by atoms with Crippen molar-refractivity contribution in [1.29, 1.82) is 0 Å². The van der Waals surface area contributed by atoms with Crippen molar-refractivity contribution in [2.45, 2.75) is 0 Å². The largest absolute Gasteiger partial charge is 0.453 e. The summed E-state index contributed by atoms with van der Waals surface area (Å²) in [7, 11) is 0. The van der Waals surface area contributed by atoms with E-state index in [9.17, 15) is 0 Å². The molecule has 266 valence electrons. The lowest BCUT2D eigenvalue weighted by molar-refractivity contribution is 0.667. The van der Waals surface area contributed by atoms with Crippen LogP contribution < -0.4 is 0 Å². The lowest BCUT2D eigenvalue weighted by atomic mass is 9.97. The molecule has 4 aromatic heterocycles. The average molecular weight is 747 g/mol. The lowest BCUT2D eigenvalue weighted by Crippen LogP contribution is -2.00. The Morgan fingerprint density at radius 3 is 1.65 bits per heavy atom. The first-order chi connectivity index (χ1) is 28.3. The number of para-hydroxylation sites is 3. The Kier molecular flexibility index (Phi) is 7.03. The highest BCUT2D eigenvalue weighted by molar-refractivity contribution is 7.25. The van der Waals surface area contributed by atoms with E-state index in [0.717, 1.165) is 66.5 Å². The average Bonchev–Trinajstić information content (AvgIpc) is 3.96. The molecule has 57 heavy (non-hydrogen) atoms. The van der Waals surface area contributed by atoms with E-state index < -0.39 is 0 Å². The summed E-state index contributed by atoms with van der Waals surface area (Å²) in [6.07, 6.45) is 0. The zero-order chi connectivity index (χ0) is 37.5. The van der Waals surface area contributed by atoms with Crippen molar-refractivity contribution in [1.82, 2.24) is 19.5 Å². The van der Waals surface area contributed by atoms with E-state index >= 15 is 0 Å². The minimum absolute atomic E-state index is 0.587. The van der Waals surface area contributed by atoms with Gasteiger partial charge in [0.25, 0.3) is 0 Å². The summed E-state index contributed by atoms with van der Waals surface area (Å²) in [6, 6.07) is 63.7. The second kappa shape index (κ2) is 12.6. The zero-order valence-electron chi connectivity index (χ0n) is 30.4. The fourth-order valence-electron chi connectivity index (χ4n) is 8.48. The molecule has 0 aliphatic carbocycles. The number of furan rings is 1. The van der Waals surface area contributed by atoms with Crippen molar-refractivity contribution in [3.63, 3.8) is 0 Å². The summed E-state index contributed by atoms with van der Waals surface area (Å²) < 4.78 is 12.2. The molecule has 8 aromatic carbocycles. The molecule has 0 saturated heterocycles. The van der Waals surface area contributed by atoms with Gasteiger partial charge in [0.15, 0.2) is 23.1 Å². The Morgan fingerprint density at radius 2 is 0.947 bits per heavy atom. The highest BCUT2D eigenvalue weighted by Gasteiger charge is 2.24. The highest BCUT2D eigenvalue weighted by atomic mass is 32.1. The standard InChI is InChI=1S/C51H30N4OS/c1-3-14-31(15-4-1)49-52-50(32-16-5-2-6-17-32)54-51(53-49)39-28-27-34(33-26-29-45-40(30-33)37-20-9-12-25-44(37)57-45)48-46(39)38-21-13-24-43(47(38)56-48)55-41-22-10-7-18-35(41)36-19-8-11-23-42(36)55/h1-30H. The van der Waals surface area contributed by atoms with Gasteiger partial charge in [-0.15, -0.1) is 11.3 Å². The molecule has 12 aromatic rings. The van der Waals surface area contributed by atoms with Crippen LogP contribution in [0.1, 0.15) is 0 Å². The zero-order valence-corrected chi connectivity index (χ0v) is 31.2. The Labute approximate surface area is 330 Å². The van der Waals surface area contributed by atoms with Crippen LogP contribution in [0.3, 0.4) is 0 Å². The normalized spacial score (nSPS) is 11.9. The van der Waals surface area contributed by atoms with Crippen LogP contribution in [-0.2, 0) is 0 Å². The van der Waals surface area contributed by atoms with Crippen molar-refractivity contribution >= 4 is 75.3 Å². The van der Waals surface area contributed by atoms with Crippen LogP contribution in [0.2, 0.25) is 0 Å². The van der Waals surface area contributed by atoms with Crippen LogP contribution in [0.15, 0.2) is 186 Å². The Morgan fingerprint density at radius 1 is 0.386 bits per heavy atom. The Balaban J connectivity index is 1.18. The summed E-state index contributed by atoms with van der Waals surface area (Å²) in [5.41, 5.74) is 9.64. The molecule has 5 nitrogen and oxygen atoms in total. The third-order valence-corrected chi connectivity index (χ3v) is 12.2. The SMILES string of the molecule is c1ccc(-c2nc(-c3ccccc3)nc(-c3ccc(-c4ccc5sc6ccccc6c5c4)c4oc5c(-n6c7ccccc7c7ccccc76)cccc5c34)n2)cc1. The van der Waals surface area contributed by atoms with E-state index in [0.29, 0.717) is 17.5 Å². The van der Waals surface area contributed by atoms with Crippen molar-refractivity contribution in [2.75, 3.05) is 0 Å². The first-order valence-corrected chi connectivity index (χ1v) is 19.8. The summed E-state index contributed by atoms with van der Waals surface area (Å²) in [5, 5.41) is 6.86. The van der Waals surface area contributed by atoms with Crippen molar-refractivity contribution in [3.8, 4) is 51.0 Å². The number of benzene rings is 8. The van der Waals surface area contributed by atoms with Crippen molar-refractivity contribution in [2.24, 2.45) is 0 Å². The van der Waals surface area contributed by atoms with E-state index in [1.54, 1.807) is 0 Å².